The molecule has 9 nitrogen and oxygen atoms in total. The molecule has 5 N–H and O–H groups in total. The van der Waals surface area contributed by atoms with Crippen LogP contribution in [0, 0.1) is 10.1 Å². The van der Waals surface area contributed by atoms with Gasteiger partial charge in [-0.3, -0.25) is 20.5 Å². The minimum Gasteiger partial charge on any atom is -0.508 e. The molecule has 4 rings (SSSR count). The Hall–Kier alpha value is -4.70. The van der Waals surface area contributed by atoms with Crippen molar-refractivity contribution in [3.05, 3.63) is 119 Å². The molecule has 1 heterocycles. The van der Waals surface area contributed by atoms with Crippen molar-refractivity contribution < 1.29 is 20.2 Å². The first-order valence-electron chi connectivity index (χ1n) is 11.3. The summed E-state index contributed by atoms with van der Waals surface area (Å²) >= 11 is 1.45. The van der Waals surface area contributed by atoms with Crippen LogP contribution >= 0.6 is 11.8 Å². The summed E-state index contributed by atoms with van der Waals surface area (Å²) in [5, 5.41) is 33.2. The molecule has 0 saturated carbocycles. The van der Waals surface area contributed by atoms with Crippen molar-refractivity contribution in [2.75, 3.05) is 5.32 Å². The zero-order chi connectivity index (χ0) is 26.2. The third-order valence-corrected chi connectivity index (χ3v) is 6.49. The maximum absolute atomic E-state index is 12.9. The highest BCUT2D eigenvalue weighted by Crippen LogP contribution is 2.30. The molecule has 0 radical (unpaired) electrons. The summed E-state index contributed by atoms with van der Waals surface area (Å²) in [4.78, 5) is 29.1. The number of aromatic hydroxyl groups is 1. The SMILES string of the molecule is [NH2+]=C(CC(NC(=O)Nc1ccc(Sc2ccc([N+](=O)[O-])cc2)cc1)c1ccccc1O)c1cccnc1. The molecule has 1 unspecified atom stereocenters. The molecule has 1 atom stereocenters. The number of para-hydroxylation sites is 1. The summed E-state index contributed by atoms with van der Waals surface area (Å²) in [5.41, 5.74) is 2.42. The summed E-state index contributed by atoms with van der Waals surface area (Å²) in [6.07, 6.45) is 3.56. The van der Waals surface area contributed by atoms with Crippen molar-refractivity contribution >= 4 is 34.9 Å². The lowest BCUT2D eigenvalue weighted by Gasteiger charge is -2.20. The van der Waals surface area contributed by atoms with Crippen molar-refractivity contribution in [1.29, 1.82) is 0 Å². The minimum absolute atomic E-state index is 0.0387. The molecule has 4 aromatic rings. The van der Waals surface area contributed by atoms with Crippen LogP contribution in [0.25, 0.3) is 0 Å². The van der Waals surface area contributed by atoms with Gasteiger partial charge in [0.2, 0.25) is 0 Å². The number of nitro groups is 1. The monoisotopic (exact) mass is 514 g/mol. The molecule has 1 aromatic heterocycles. The van der Waals surface area contributed by atoms with Crippen molar-refractivity contribution in [2.45, 2.75) is 22.3 Å². The Kier molecular flexibility index (Phi) is 8.11. The highest BCUT2D eigenvalue weighted by molar-refractivity contribution is 7.99. The highest BCUT2D eigenvalue weighted by atomic mass is 32.2. The zero-order valence-electron chi connectivity index (χ0n) is 19.6. The average molecular weight is 515 g/mol. The Morgan fingerprint density at radius 3 is 2.30 bits per heavy atom. The second kappa shape index (κ2) is 11.8. The number of phenols is 1. The molecule has 37 heavy (non-hydrogen) atoms. The predicted molar refractivity (Wildman–Crippen MR) is 142 cm³/mol. The first-order chi connectivity index (χ1) is 17.9. The fourth-order valence-corrected chi connectivity index (χ4v) is 4.43. The van der Waals surface area contributed by atoms with Crippen LogP contribution in [0.15, 0.2) is 107 Å². The number of anilines is 1. The molecule has 0 aliphatic heterocycles. The van der Waals surface area contributed by atoms with E-state index in [0.29, 0.717) is 17.0 Å². The van der Waals surface area contributed by atoms with Crippen LogP contribution in [0.3, 0.4) is 0 Å². The number of carbonyl (C=O) groups excluding carboxylic acids is 1. The second-order valence-corrected chi connectivity index (χ2v) is 9.21. The van der Waals surface area contributed by atoms with Gasteiger partial charge in [-0.1, -0.05) is 30.0 Å². The van der Waals surface area contributed by atoms with Crippen molar-refractivity contribution in [1.82, 2.24) is 10.3 Å². The molecule has 0 aliphatic carbocycles. The number of carbonyl (C=O) groups is 1. The standard InChI is InChI=1S/C27H23N5O4S/c28-24(18-4-3-15-29-17-18)16-25(23-5-1-2-6-26(23)33)31-27(34)30-19-7-11-21(12-8-19)37-22-13-9-20(10-14-22)32(35)36/h1-15,17,25,28,33H,16H2,(H2,30,31,34)/p+1. The third kappa shape index (κ3) is 6.92. The van der Waals surface area contributed by atoms with Gasteiger partial charge in [0.05, 0.1) is 22.9 Å². The maximum atomic E-state index is 12.9. The number of hydrogen-bond acceptors (Lipinski definition) is 6. The summed E-state index contributed by atoms with van der Waals surface area (Å²) < 4.78 is 0. The molecule has 0 spiro atoms. The number of non-ortho nitro benzene ring substituents is 1. The number of aromatic nitrogens is 1. The van der Waals surface area contributed by atoms with E-state index in [1.54, 1.807) is 67.0 Å². The van der Waals surface area contributed by atoms with E-state index in [1.807, 2.05) is 18.2 Å². The Bertz CT molecular complexity index is 1400. The van der Waals surface area contributed by atoms with E-state index in [0.717, 1.165) is 15.4 Å². The lowest BCUT2D eigenvalue weighted by atomic mass is 9.97. The number of hydrogen-bond donors (Lipinski definition) is 4. The van der Waals surface area contributed by atoms with Crippen LogP contribution in [0.2, 0.25) is 0 Å². The number of urea groups is 1. The maximum Gasteiger partial charge on any atom is 0.319 e. The van der Waals surface area contributed by atoms with E-state index in [9.17, 15) is 20.0 Å². The van der Waals surface area contributed by atoms with Gasteiger partial charge >= 0.3 is 6.03 Å². The van der Waals surface area contributed by atoms with Crippen molar-refractivity contribution in [2.24, 2.45) is 0 Å². The summed E-state index contributed by atoms with van der Waals surface area (Å²) in [6, 6.07) is 22.9. The molecule has 10 heteroatoms. The number of pyridine rings is 1. The molecular weight excluding hydrogens is 490 g/mol. The van der Waals surface area contributed by atoms with Gasteiger partial charge in [0.25, 0.3) is 5.69 Å². The lowest BCUT2D eigenvalue weighted by Crippen LogP contribution is -2.44. The highest BCUT2D eigenvalue weighted by Gasteiger charge is 2.23. The Morgan fingerprint density at radius 1 is 1.00 bits per heavy atom. The number of nitrogens with two attached hydrogens (primary N) is 1. The molecular formula is C27H24N5O4S+. The van der Waals surface area contributed by atoms with Crippen LogP contribution < -0.4 is 16.0 Å². The Morgan fingerprint density at radius 2 is 1.68 bits per heavy atom. The fourth-order valence-electron chi connectivity index (χ4n) is 3.62. The minimum atomic E-state index is -0.585. The van der Waals surface area contributed by atoms with E-state index in [1.165, 1.54) is 23.9 Å². The first-order valence-corrected chi connectivity index (χ1v) is 12.1. The number of phenolic OH excluding ortho intramolecular Hbond substituents is 1. The molecule has 0 bridgehead atoms. The van der Waals surface area contributed by atoms with Crippen LogP contribution in [-0.4, -0.2) is 26.8 Å². The van der Waals surface area contributed by atoms with E-state index >= 15 is 0 Å². The van der Waals surface area contributed by atoms with Gasteiger partial charge in [-0.15, -0.1) is 0 Å². The van der Waals surface area contributed by atoms with Gasteiger partial charge in [-0.2, -0.15) is 0 Å². The van der Waals surface area contributed by atoms with Crippen LogP contribution in [0.4, 0.5) is 16.2 Å². The van der Waals surface area contributed by atoms with Crippen LogP contribution in [0.1, 0.15) is 23.6 Å². The predicted octanol–water partition coefficient (Wildman–Crippen LogP) is 4.35. The smallest absolute Gasteiger partial charge is 0.319 e. The van der Waals surface area contributed by atoms with Gasteiger partial charge in [-0.25, -0.2) is 4.79 Å². The number of nitro benzene ring substituents is 1. The largest absolute Gasteiger partial charge is 0.508 e. The fraction of sp³-hybridized carbons (Fsp3) is 0.0741. The normalized spacial score (nSPS) is 11.4. The summed E-state index contributed by atoms with van der Waals surface area (Å²) in [7, 11) is 0. The topological polar surface area (TPSA) is 143 Å². The van der Waals surface area contributed by atoms with E-state index in [2.05, 4.69) is 15.6 Å². The second-order valence-electron chi connectivity index (χ2n) is 8.06. The molecule has 186 valence electrons. The van der Waals surface area contributed by atoms with E-state index in [4.69, 9.17) is 5.41 Å². The number of benzene rings is 3. The number of rotatable bonds is 9. The first kappa shape index (κ1) is 25.4. The number of nitrogens with one attached hydrogen (secondary N) is 2. The molecule has 0 aliphatic rings. The van der Waals surface area contributed by atoms with Crippen molar-refractivity contribution in [3.63, 3.8) is 0 Å². The van der Waals surface area contributed by atoms with Gasteiger partial charge < -0.3 is 15.7 Å². The molecule has 3 aromatic carbocycles. The Balaban J connectivity index is 1.41. The van der Waals surface area contributed by atoms with E-state index in [-0.39, 0.29) is 17.9 Å². The molecule has 2 amide bonds. The van der Waals surface area contributed by atoms with Crippen LogP contribution in [0.5, 0.6) is 5.75 Å². The van der Waals surface area contributed by atoms with E-state index < -0.39 is 17.0 Å². The van der Waals surface area contributed by atoms with Gasteiger partial charge in [0, 0.05) is 45.6 Å². The summed E-state index contributed by atoms with van der Waals surface area (Å²) in [6.45, 7) is 0. The quantitative estimate of drug-likeness (QED) is 0.149. The lowest BCUT2D eigenvalue weighted by molar-refractivity contribution is -0.384. The average Bonchev–Trinajstić information content (AvgIpc) is 2.90. The summed E-state index contributed by atoms with van der Waals surface area (Å²) in [5.74, 6) is 0.0550. The van der Waals surface area contributed by atoms with Gasteiger partial charge in [0.15, 0.2) is 5.71 Å². The van der Waals surface area contributed by atoms with Gasteiger partial charge in [0.1, 0.15) is 5.75 Å². The Labute approximate surface area is 217 Å². The van der Waals surface area contributed by atoms with Crippen molar-refractivity contribution in [3.8, 4) is 5.75 Å². The van der Waals surface area contributed by atoms with Crippen LogP contribution in [-0.2, 0) is 0 Å². The molecule has 0 fully saturated rings. The number of amides is 2. The zero-order valence-corrected chi connectivity index (χ0v) is 20.4. The number of nitrogens with zero attached hydrogens (tertiary/aromatic N) is 2. The molecule has 0 saturated heterocycles. The van der Waals surface area contributed by atoms with Gasteiger partial charge in [-0.05, 0) is 54.6 Å². The third-order valence-electron chi connectivity index (χ3n) is 5.47.